The van der Waals surface area contributed by atoms with Crippen LogP contribution in [0.15, 0.2) is 106 Å². The number of halogens is 1. The van der Waals surface area contributed by atoms with Crippen molar-refractivity contribution >= 4 is 43.5 Å². The van der Waals surface area contributed by atoms with E-state index in [0.717, 1.165) is 31.0 Å². The Morgan fingerprint density at radius 3 is 2.16 bits per heavy atom. The summed E-state index contributed by atoms with van der Waals surface area (Å²) in [6.45, 7) is 3.22. The Morgan fingerprint density at radius 2 is 1.52 bits per heavy atom. The van der Waals surface area contributed by atoms with Crippen LogP contribution in [0.3, 0.4) is 0 Å². The van der Waals surface area contributed by atoms with Crippen molar-refractivity contribution in [1.82, 2.24) is 10.2 Å². The van der Waals surface area contributed by atoms with Crippen LogP contribution in [0.2, 0.25) is 0 Å². The predicted octanol–water partition coefficient (Wildman–Crippen LogP) is 5.66. The first-order chi connectivity index (χ1) is 21.0. The highest BCUT2D eigenvalue weighted by Crippen LogP contribution is 2.34. The summed E-state index contributed by atoms with van der Waals surface area (Å²) in [5.41, 5.74) is 3.54. The Balaban J connectivity index is 1.84. The van der Waals surface area contributed by atoms with Crippen molar-refractivity contribution in [3.63, 3.8) is 0 Å². The molecule has 0 fully saturated rings. The first kappa shape index (κ1) is 32.8. The van der Waals surface area contributed by atoms with Crippen molar-refractivity contribution in [2.24, 2.45) is 0 Å². The van der Waals surface area contributed by atoms with Crippen molar-refractivity contribution in [2.75, 3.05) is 25.0 Å². The summed E-state index contributed by atoms with van der Waals surface area (Å²) >= 11 is 3.49. The maximum absolute atomic E-state index is 14.5. The van der Waals surface area contributed by atoms with E-state index >= 15 is 0 Å². The lowest BCUT2D eigenvalue weighted by molar-refractivity contribution is -0.139. The third-order valence-corrected chi connectivity index (χ3v) is 9.52. The van der Waals surface area contributed by atoms with Crippen molar-refractivity contribution in [3.8, 4) is 5.75 Å². The van der Waals surface area contributed by atoms with E-state index in [0.29, 0.717) is 5.75 Å². The van der Waals surface area contributed by atoms with Crippen molar-refractivity contribution in [2.45, 2.75) is 37.8 Å². The van der Waals surface area contributed by atoms with Crippen LogP contribution in [0.5, 0.6) is 5.75 Å². The summed E-state index contributed by atoms with van der Waals surface area (Å²) in [4.78, 5) is 29.4. The maximum Gasteiger partial charge on any atom is 0.264 e. The number of ether oxygens (including phenoxy) is 1. The number of likely N-dealkylation sites (N-methyl/N-ethyl adjacent to an activating group) is 1. The molecule has 4 rings (SSSR count). The van der Waals surface area contributed by atoms with Crippen molar-refractivity contribution in [3.05, 3.63) is 124 Å². The molecule has 0 radical (unpaired) electrons. The van der Waals surface area contributed by atoms with Gasteiger partial charge in [0.2, 0.25) is 11.8 Å². The zero-order chi connectivity index (χ0) is 31.9. The largest absolute Gasteiger partial charge is 0.495 e. The molecule has 0 aliphatic rings. The number of aryl methyl sites for hydroxylation is 2. The van der Waals surface area contributed by atoms with Gasteiger partial charge in [-0.15, -0.1) is 0 Å². The van der Waals surface area contributed by atoms with E-state index in [1.54, 1.807) is 24.3 Å². The van der Waals surface area contributed by atoms with E-state index in [9.17, 15) is 18.0 Å². The summed E-state index contributed by atoms with van der Waals surface area (Å²) < 4.78 is 36.0. The maximum atomic E-state index is 14.5. The lowest BCUT2D eigenvalue weighted by Gasteiger charge is -2.34. The number of sulfonamides is 1. The molecule has 1 unspecified atom stereocenters. The Labute approximate surface area is 267 Å². The van der Waals surface area contributed by atoms with Crippen LogP contribution >= 0.6 is 15.9 Å². The third-order valence-electron chi connectivity index (χ3n) is 7.25. The summed E-state index contributed by atoms with van der Waals surface area (Å²) in [5, 5.41) is 2.70. The van der Waals surface area contributed by atoms with Gasteiger partial charge in [-0.25, -0.2) is 8.42 Å². The number of amides is 2. The normalized spacial score (nSPS) is 11.8. The second-order valence-electron chi connectivity index (χ2n) is 10.5. The minimum absolute atomic E-state index is 0.0325. The van der Waals surface area contributed by atoms with E-state index in [4.69, 9.17) is 4.74 Å². The Morgan fingerprint density at radius 1 is 0.864 bits per heavy atom. The Hall–Kier alpha value is -4.15. The average Bonchev–Trinajstić information content (AvgIpc) is 3.01. The van der Waals surface area contributed by atoms with Crippen LogP contribution in [-0.2, 0) is 32.6 Å². The highest BCUT2D eigenvalue weighted by Gasteiger charge is 2.35. The number of carbonyl (C=O) groups is 2. The van der Waals surface area contributed by atoms with Gasteiger partial charge in [-0.3, -0.25) is 13.9 Å². The monoisotopic (exact) mass is 677 g/mol. The molecule has 0 spiro atoms. The number of hydrogen-bond donors (Lipinski definition) is 1. The molecule has 0 saturated heterocycles. The van der Waals surface area contributed by atoms with Crippen molar-refractivity contribution < 1.29 is 22.7 Å². The van der Waals surface area contributed by atoms with Crippen LogP contribution < -0.4 is 14.4 Å². The molecule has 44 heavy (non-hydrogen) atoms. The Kier molecular flexibility index (Phi) is 10.8. The number of nitrogens with zero attached hydrogens (tertiary/aromatic N) is 2. The minimum atomic E-state index is -4.24. The van der Waals surface area contributed by atoms with E-state index < -0.39 is 28.5 Å². The number of methoxy groups -OCH3 is 1. The number of carbonyl (C=O) groups excluding carboxylic acids is 2. The molecule has 1 N–H and O–H groups in total. The van der Waals surface area contributed by atoms with E-state index in [1.165, 1.54) is 31.2 Å². The summed E-state index contributed by atoms with van der Waals surface area (Å²) in [5.74, 6) is -0.614. The second kappa shape index (κ2) is 14.5. The SMILES string of the molecule is CNC(=O)C(Cc1ccccc1)N(Cc1cccc(Br)c1)C(=O)CN(c1cc(C)ccc1OC)S(=O)(=O)c1ccc(C)cc1. The molecule has 0 aliphatic carbocycles. The standard InChI is InChI=1S/C34H36BrN3O5S/c1-24-13-16-29(17-14-24)44(41,42)38(30-19-25(2)15-18-32(30)43-4)23-33(39)37(22-27-11-8-12-28(35)20-27)31(34(40)36-3)21-26-9-6-5-7-10-26/h5-20,31H,21-23H2,1-4H3,(H,36,40). The molecule has 0 aromatic heterocycles. The Bertz CT molecular complexity index is 1710. The molecular formula is C34H36BrN3O5S. The van der Waals surface area contributed by atoms with Gasteiger partial charge in [-0.1, -0.05) is 82.2 Å². The highest BCUT2D eigenvalue weighted by molar-refractivity contribution is 9.10. The lowest BCUT2D eigenvalue weighted by Crippen LogP contribution is -2.53. The average molecular weight is 679 g/mol. The summed E-state index contributed by atoms with van der Waals surface area (Å²) in [6, 6.07) is 27.6. The molecule has 0 bridgehead atoms. The van der Waals surface area contributed by atoms with E-state index in [-0.39, 0.29) is 29.5 Å². The van der Waals surface area contributed by atoms with Gasteiger partial charge < -0.3 is 15.0 Å². The van der Waals surface area contributed by atoms with Crippen LogP contribution in [0, 0.1) is 13.8 Å². The van der Waals surface area contributed by atoms with Gasteiger partial charge in [0.1, 0.15) is 18.3 Å². The van der Waals surface area contributed by atoms with Crippen LogP contribution in [0.4, 0.5) is 5.69 Å². The molecule has 4 aromatic rings. The number of rotatable bonds is 12. The molecule has 10 heteroatoms. The quantitative estimate of drug-likeness (QED) is 0.209. The molecule has 230 valence electrons. The first-order valence-electron chi connectivity index (χ1n) is 14.1. The van der Waals surface area contributed by atoms with Gasteiger partial charge in [-0.05, 0) is 66.9 Å². The molecule has 0 saturated carbocycles. The zero-order valence-electron chi connectivity index (χ0n) is 25.2. The third kappa shape index (κ3) is 7.86. The highest BCUT2D eigenvalue weighted by atomic mass is 79.9. The number of hydrogen-bond acceptors (Lipinski definition) is 5. The summed E-state index contributed by atoms with van der Waals surface area (Å²) in [7, 11) is -1.27. The fourth-order valence-corrected chi connectivity index (χ4v) is 6.76. The van der Waals surface area contributed by atoms with Gasteiger partial charge in [-0.2, -0.15) is 0 Å². The minimum Gasteiger partial charge on any atom is -0.495 e. The molecule has 0 aliphatic heterocycles. The molecular weight excluding hydrogens is 642 g/mol. The number of nitrogens with one attached hydrogen (secondary N) is 1. The molecule has 2 amide bonds. The van der Waals surface area contributed by atoms with Gasteiger partial charge >= 0.3 is 0 Å². The fourth-order valence-electron chi connectivity index (χ4n) is 4.90. The van der Waals surface area contributed by atoms with Gasteiger partial charge in [0.15, 0.2) is 0 Å². The predicted molar refractivity (Wildman–Crippen MR) is 176 cm³/mol. The fraction of sp³-hybridized carbons (Fsp3) is 0.235. The second-order valence-corrected chi connectivity index (χ2v) is 13.2. The van der Waals surface area contributed by atoms with Crippen LogP contribution in [0.1, 0.15) is 22.3 Å². The molecule has 8 nitrogen and oxygen atoms in total. The smallest absolute Gasteiger partial charge is 0.264 e. The molecule has 1 atom stereocenters. The number of anilines is 1. The summed E-state index contributed by atoms with van der Waals surface area (Å²) in [6.07, 6.45) is 0.235. The lowest BCUT2D eigenvalue weighted by atomic mass is 10.0. The van der Waals surface area contributed by atoms with Crippen LogP contribution in [0.25, 0.3) is 0 Å². The zero-order valence-corrected chi connectivity index (χ0v) is 27.6. The van der Waals surface area contributed by atoms with E-state index in [1.807, 2.05) is 74.5 Å². The first-order valence-corrected chi connectivity index (χ1v) is 16.3. The topological polar surface area (TPSA) is 96.0 Å². The number of benzene rings is 4. The molecule has 4 aromatic carbocycles. The van der Waals surface area contributed by atoms with E-state index in [2.05, 4.69) is 21.2 Å². The van der Waals surface area contributed by atoms with Gasteiger partial charge in [0.25, 0.3) is 10.0 Å². The van der Waals surface area contributed by atoms with Crippen molar-refractivity contribution in [1.29, 1.82) is 0 Å². The molecule has 0 heterocycles. The van der Waals surface area contributed by atoms with Crippen LogP contribution in [-0.4, -0.2) is 51.9 Å². The van der Waals surface area contributed by atoms with Gasteiger partial charge in [0.05, 0.1) is 17.7 Å². The van der Waals surface area contributed by atoms with Gasteiger partial charge in [0, 0.05) is 24.5 Å².